The highest BCUT2D eigenvalue weighted by Crippen LogP contribution is 2.32. The molecule has 0 unspecified atom stereocenters. The lowest BCUT2D eigenvalue weighted by Gasteiger charge is -2.24. The lowest BCUT2D eigenvalue weighted by molar-refractivity contribution is 0.0896. The van der Waals surface area contributed by atoms with Crippen molar-refractivity contribution in [1.82, 2.24) is 9.97 Å². The first-order valence-corrected chi connectivity index (χ1v) is 11.0. The average molecular weight is 456 g/mol. The Hall–Kier alpha value is -3.83. The fraction of sp³-hybridized carbons (Fsp3) is 0.111. The second-order valence-electron chi connectivity index (χ2n) is 7.54. The van der Waals surface area contributed by atoms with Crippen molar-refractivity contribution in [2.75, 3.05) is 4.90 Å². The number of rotatable bonds is 5. The first-order chi connectivity index (χ1) is 16.0. The van der Waals surface area contributed by atoms with E-state index in [1.54, 1.807) is 42.6 Å². The number of carbonyl (C=O) groups excluding carboxylic acids is 2. The van der Waals surface area contributed by atoms with Crippen LogP contribution in [0.15, 0.2) is 85.3 Å². The Bertz CT molecular complexity index is 1320. The molecule has 1 aromatic heterocycles. The zero-order valence-electron chi connectivity index (χ0n) is 18.3. The molecule has 4 aromatic rings. The Labute approximate surface area is 197 Å². The van der Waals surface area contributed by atoms with Gasteiger partial charge in [0.15, 0.2) is 5.82 Å². The third-order valence-corrected chi connectivity index (χ3v) is 5.72. The Morgan fingerprint density at radius 1 is 0.879 bits per heavy atom. The van der Waals surface area contributed by atoms with Gasteiger partial charge in [0.05, 0.1) is 0 Å². The molecule has 2 amide bonds. The molecule has 0 fully saturated rings. The maximum Gasteiger partial charge on any atom is 0.266 e. The van der Waals surface area contributed by atoms with E-state index in [1.165, 1.54) is 6.33 Å². The van der Waals surface area contributed by atoms with Gasteiger partial charge in [-0.15, -0.1) is 0 Å². The van der Waals surface area contributed by atoms with Gasteiger partial charge in [0.25, 0.3) is 11.8 Å². The Morgan fingerprint density at radius 3 is 2.21 bits per heavy atom. The van der Waals surface area contributed by atoms with Crippen molar-refractivity contribution in [3.8, 4) is 11.1 Å². The summed E-state index contributed by atoms with van der Waals surface area (Å²) in [5, 5.41) is 0.581. The van der Waals surface area contributed by atoms with Crippen molar-refractivity contribution >= 4 is 29.2 Å². The Kier molecular flexibility index (Phi) is 6.61. The molecule has 0 aliphatic heterocycles. The highest BCUT2D eigenvalue weighted by atomic mass is 35.5. The van der Waals surface area contributed by atoms with Crippen LogP contribution >= 0.6 is 11.6 Å². The molecule has 0 spiro atoms. The number of nitrogens with zero attached hydrogens (tertiary/aromatic N) is 3. The molecule has 0 aliphatic carbocycles. The first kappa shape index (κ1) is 22.4. The van der Waals surface area contributed by atoms with Crippen LogP contribution in [0, 0.1) is 6.92 Å². The lowest BCUT2D eigenvalue weighted by atomic mass is 10.0. The van der Waals surface area contributed by atoms with E-state index in [0.717, 1.165) is 21.6 Å². The molecular weight excluding hydrogens is 434 g/mol. The number of anilines is 1. The molecule has 0 bridgehead atoms. The molecule has 164 valence electrons. The average Bonchev–Trinajstić information content (AvgIpc) is 2.85. The van der Waals surface area contributed by atoms with Crippen LogP contribution in [0.1, 0.15) is 38.8 Å². The van der Waals surface area contributed by atoms with Crippen LogP contribution in [0.25, 0.3) is 11.1 Å². The summed E-state index contributed by atoms with van der Waals surface area (Å²) in [4.78, 5) is 37.5. The minimum absolute atomic E-state index is 0.219. The van der Waals surface area contributed by atoms with Crippen molar-refractivity contribution in [2.45, 2.75) is 20.3 Å². The van der Waals surface area contributed by atoms with E-state index in [-0.39, 0.29) is 5.82 Å². The van der Waals surface area contributed by atoms with E-state index >= 15 is 0 Å². The van der Waals surface area contributed by atoms with Gasteiger partial charge in [0.1, 0.15) is 6.33 Å². The van der Waals surface area contributed by atoms with Crippen molar-refractivity contribution in [2.24, 2.45) is 0 Å². The van der Waals surface area contributed by atoms with Gasteiger partial charge in [-0.1, -0.05) is 67.1 Å². The zero-order chi connectivity index (χ0) is 23.4. The number of aromatic nitrogens is 2. The lowest BCUT2D eigenvalue weighted by Crippen LogP contribution is -2.39. The monoisotopic (exact) mass is 455 g/mol. The van der Waals surface area contributed by atoms with E-state index in [4.69, 9.17) is 11.6 Å². The smallest absolute Gasteiger partial charge is 0.266 e. The fourth-order valence-corrected chi connectivity index (χ4v) is 3.84. The summed E-state index contributed by atoms with van der Waals surface area (Å²) < 4.78 is 0. The summed E-state index contributed by atoms with van der Waals surface area (Å²) in [6.07, 6.45) is 3.59. The van der Waals surface area contributed by atoms with Crippen LogP contribution in [0.2, 0.25) is 5.02 Å². The molecule has 33 heavy (non-hydrogen) atoms. The molecule has 0 saturated carbocycles. The molecule has 3 aromatic carbocycles. The molecule has 5 nitrogen and oxygen atoms in total. The van der Waals surface area contributed by atoms with Crippen LogP contribution in [-0.4, -0.2) is 21.8 Å². The van der Waals surface area contributed by atoms with Gasteiger partial charge in [-0.25, -0.2) is 14.9 Å². The van der Waals surface area contributed by atoms with Gasteiger partial charge >= 0.3 is 0 Å². The Morgan fingerprint density at radius 2 is 1.52 bits per heavy atom. The zero-order valence-corrected chi connectivity index (χ0v) is 19.1. The minimum Gasteiger partial charge on any atom is -0.268 e. The third kappa shape index (κ3) is 4.54. The van der Waals surface area contributed by atoms with Crippen molar-refractivity contribution < 1.29 is 9.59 Å². The van der Waals surface area contributed by atoms with Crippen molar-refractivity contribution in [3.05, 3.63) is 113 Å². The normalized spacial score (nSPS) is 10.6. The van der Waals surface area contributed by atoms with Gasteiger partial charge in [-0.2, -0.15) is 0 Å². The first-order valence-electron chi connectivity index (χ1n) is 10.6. The second kappa shape index (κ2) is 9.76. The summed E-state index contributed by atoms with van der Waals surface area (Å²) in [5.74, 6) is -0.663. The van der Waals surface area contributed by atoms with E-state index < -0.39 is 11.8 Å². The number of amides is 2. The highest BCUT2D eigenvalue weighted by molar-refractivity contribution is 6.30. The quantitative estimate of drug-likeness (QED) is 0.338. The molecule has 6 heteroatoms. The molecule has 1 heterocycles. The highest BCUT2D eigenvalue weighted by Gasteiger charge is 2.31. The minimum atomic E-state index is -0.446. The van der Waals surface area contributed by atoms with Gasteiger partial charge in [-0.05, 0) is 54.3 Å². The van der Waals surface area contributed by atoms with E-state index in [0.29, 0.717) is 28.1 Å². The van der Waals surface area contributed by atoms with E-state index in [2.05, 4.69) is 9.97 Å². The second-order valence-corrected chi connectivity index (χ2v) is 7.97. The Balaban J connectivity index is 1.93. The van der Waals surface area contributed by atoms with Crippen LogP contribution in [0.5, 0.6) is 0 Å². The van der Waals surface area contributed by atoms with Crippen molar-refractivity contribution in [3.63, 3.8) is 0 Å². The number of hydrogen-bond acceptors (Lipinski definition) is 4. The number of imide groups is 1. The van der Waals surface area contributed by atoms with Gasteiger partial charge < -0.3 is 0 Å². The largest absolute Gasteiger partial charge is 0.268 e. The van der Waals surface area contributed by atoms with Crippen LogP contribution in [0.3, 0.4) is 0 Å². The predicted molar refractivity (Wildman–Crippen MR) is 131 cm³/mol. The standard InChI is InChI=1S/C27H22ClN3O2/c1-3-19-9-5-7-11-23(19)27(33)31(26(32)22-10-6-4-8-18(22)2)25-24(16-29-17-30-25)20-12-14-21(28)15-13-20/h4-17H,3H2,1-2H3. The summed E-state index contributed by atoms with van der Waals surface area (Å²) in [6.45, 7) is 3.82. The van der Waals surface area contributed by atoms with Gasteiger partial charge in [-0.3, -0.25) is 9.59 Å². The fourth-order valence-electron chi connectivity index (χ4n) is 3.71. The van der Waals surface area contributed by atoms with Crippen molar-refractivity contribution in [1.29, 1.82) is 0 Å². The molecular formula is C27H22ClN3O2. The molecule has 0 aliphatic rings. The SMILES string of the molecule is CCc1ccccc1C(=O)N(C(=O)c1ccccc1C)c1ncncc1-c1ccc(Cl)cc1. The summed E-state index contributed by atoms with van der Waals surface area (Å²) >= 11 is 6.06. The number of aryl methyl sites for hydroxylation is 2. The summed E-state index contributed by atoms with van der Waals surface area (Å²) in [5.41, 5.74) is 3.81. The molecule has 0 radical (unpaired) electrons. The predicted octanol–water partition coefficient (Wildman–Crippen LogP) is 6.16. The molecule has 4 rings (SSSR count). The number of benzene rings is 3. The summed E-state index contributed by atoms with van der Waals surface area (Å²) in [6, 6.07) is 21.6. The number of hydrogen-bond donors (Lipinski definition) is 0. The topological polar surface area (TPSA) is 63.2 Å². The molecule has 0 saturated heterocycles. The third-order valence-electron chi connectivity index (χ3n) is 5.47. The van der Waals surface area contributed by atoms with E-state index in [1.807, 2.05) is 50.2 Å². The number of carbonyl (C=O) groups is 2. The van der Waals surface area contributed by atoms with Crippen LogP contribution in [-0.2, 0) is 6.42 Å². The van der Waals surface area contributed by atoms with Gasteiger partial charge in [0, 0.05) is 27.9 Å². The number of halogens is 1. The van der Waals surface area contributed by atoms with E-state index in [9.17, 15) is 9.59 Å². The summed E-state index contributed by atoms with van der Waals surface area (Å²) in [7, 11) is 0. The maximum atomic E-state index is 13.9. The van der Waals surface area contributed by atoms with Crippen LogP contribution in [0.4, 0.5) is 5.82 Å². The maximum absolute atomic E-state index is 13.9. The molecule has 0 N–H and O–H groups in total. The molecule has 0 atom stereocenters. The van der Waals surface area contributed by atoms with Crippen LogP contribution < -0.4 is 4.90 Å². The van der Waals surface area contributed by atoms with Gasteiger partial charge in [0.2, 0.25) is 0 Å².